The second kappa shape index (κ2) is 16.4. The van der Waals surface area contributed by atoms with Gasteiger partial charge in [-0.25, -0.2) is 10.2 Å². The molecule has 0 fully saturated rings. The number of fused-ring (bicyclic) bond motifs is 3. The van der Waals surface area contributed by atoms with Gasteiger partial charge in [-0.3, -0.25) is 19.2 Å². The minimum atomic E-state index is -4.97. The van der Waals surface area contributed by atoms with Crippen molar-refractivity contribution in [2.24, 2.45) is 20.5 Å². The Balaban J connectivity index is 1.42. The average Bonchev–Trinajstić information content (AvgIpc) is 3.60. The molecule has 23 heteroatoms. The lowest BCUT2D eigenvalue weighted by atomic mass is 10.1. The average molecular weight is 826 g/mol. The Hall–Kier alpha value is -5.92. The second-order valence-corrected chi connectivity index (χ2v) is 15.4. The van der Waals surface area contributed by atoms with E-state index in [1.807, 2.05) is 30.3 Å². The number of rotatable bonds is 15. The topological polar surface area (TPSA) is 298 Å². The van der Waals surface area contributed by atoms with Crippen molar-refractivity contribution < 1.29 is 55.3 Å². The molecule has 1 heterocycles. The zero-order valence-electron chi connectivity index (χ0n) is 28.5. The summed E-state index contributed by atoms with van der Waals surface area (Å²) >= 11 is 0.504. The van der Waals surface area contributed by atoms with Crippen LogP contribution in [0, 0.1) is 17.0 Å². The first-order valence-electron chi connectivity index (χ1n) is 15.8. The molecule has 1 aromatic heterocycles. The number of benzene rings is 5. The molecule has 0 aliphatic rings. The van der Waals surface area contributed by atoms with E-state index in [4.69, 9.17) is 18.9 Å². The third-order valence-electron chi connectivity index (χ3n) is 7.93. The molecule has 6 rings (SSSR count). The van der Waals surface area contributed by atoms with E-state index in [2.05, 4.69) is 35.5 Å². The van der Waals surface area contributed by atoms with Gasteiger partial charge in [0.25, 0.3) is 25.9 Å². The Morgan fingerprint density at radius 1 is 0.893 bits per heavy atom. The molecule has 0 atom stereocenters. The molecule has 20 nitrogen and oxygen atoms in total. The fourth-order valence-corrected chi connectivity index (χ4v) is 6.96. The molecule has 5 aromatic carbocycles. The molecule has 0 unspecified atom stereocenters. The fraction of sp³-hybridized carbons (Fsp3) is 0.121. The van der Waals surface area contributed by atoms with Crippen molar-refractivity contribution in [1.29, 1.82) is 0 Å². The Morgan fingerprint density at radius 3 is 2.32 bits per heavy atom. The van der Waals surface area contributed by atoms with Gasteiger partial charge in [-0.2, -0.15) is 21.9 Å². The largest absolute Gasteiger partial charge is 0.505 e. The van der Waals surface area contributed by atoms with Crippen molar-refractivity contribution in [2.45, 2.75) is 23.1 Å². The Labute approximate surface area is 320 Å². The van der Waals surface area contributed by atoms with Crippen LogP contribution in [0.5, 0.6) is 11.5 Å². The van der Waals surface area contributed by atoms with Gasteiger partial charge in [0, 0.05) is 34.5 Å². The highest BCUT2D eigenvalue weighted by molar-refractivity contribution is 7.94. The third kappa shape index (κ3) is 9.12. The van der Waals surface area contributed by atoms with E-state index in [0.717, 1.165) is 17.7 Å². The van der Waals surface area contributed by atoms with Gasteiger partial charge in [0.05, 0.1) is 50.9 Å². The number of ether oxygens (including phenoxy) is 1. The number of nitrogens with one attached hydrogen (secondary N) is 1. The van der Waals surface area contributed by atoms with Crippen molar-refractivity contribution in [3.05, 3.63) is 94.5 Å². The first-order valence-corrected chi connectivity index (χ1v) is 19.6. The SMILES string of the molecule is Cc1cc(N=Nc2c(SOOO)cc3c(ccc4nc(-c5ccccc5)[nH]c43)c2O)c(OCCCS(=O)(=O)O)cc1N=Nc1ccc([N+](=O)[O-])cc1S(=O)(=O)O. The van der Waals surface area contributed by atoms with Crippen LogP contribution < -0.4 is 4.74 Å². The lowest BCUT2D eigenvalue weighted by Gasteiger charge is -2.12. The lowest BCUT2D eigenvalue weighted by molar-refractivity contribution is -0.432. The molecule has 6 aromatic rings. The zero-order chi connectivity index (χ0) is 40.2. The van der Waals surface area contributed by atoms with E-state index in [9.17, 15) is 36.6 Å². The molecule has 0 bridgehead atoms. The highest BCUT2D eigenvalue weighted by atomic mass is 32.2. The van der Waals surface area contributed by atoms with E-state index in [-0.39, 0.29) is 46.5 Å². The number of imidazole rings is 1. The first kappa shape index (κ1) is 39.8. The molecule has 0 aliphatic carbocycles. The number of aryl methyl sites for hydroxylation is 1. The molecule has 0 aliphatic heterocycles. The van der Waals surface area contributed by atoms with Crippen LogP contribution in [0.1, 0.15) is 12.0 Å². The highest BCUT2D eigenvalue weighted by Crippen LogP contribution is 2.46. The number of phenolic OH excluding ortho intramolecular Hbond substituents is 1. The number of phenols is 1. The van der Waals surface area contributed by atoms with E-state index < -0.39 is 47.2 Å². The predicted octanol–water partition coefficient (Wildman–Crippen LogP) is 8.47. The number of nitro benzene ring substituents is 1. The quantitative estimate of drug-likeness (QED) is 0.0123. The molecular formula is C33H27N7O13S3. The van der Waals surface area contributed by atoms with Crippen molar-refractivity contribution in [2.75, 3.05) is 12.4 Å². The van der Waals surface area contributed by atoms with Gasteiger partial charge in [-0.15, -0.1) is 19.7 Å². The number of aromatic nitrogens is 2. The molecule has 5 N–H and O–H groups in total. The highest BCUT2D eigenvalue weighted by Gasteiger charge is 2.22. The Morgan fingerprint density at radius 2 is 1.62 bits per heavy atom. The maximum atomic E-state index is 12.0. The number of nitrogens with zero attached hydrogens (tertiary/aromatic N) is 6. The van der Waals surface area contributed by atoms with Crippen LogP contribution in [0.2, 0.25) is 0 Å². The number of nitro groups is 1. The standard InChI is InChI=1S/C33H27N7O13S3/c1-18-14-26(27(51-12-5-13-55(45,46)47)17-25(18)37-36-23-10-8-20(40(42)43)15-29(23)56(48,49)50)38-39-31-28(54-53-52-44)16-22-21(32(31)41)9-11-24-30(22)35-33(34-24)19-6-3-2-4-7-19/h2-4,6-11,14-17,41,44H,5,12-13H2,1H3,(H,34,35)(H,45,46,47)(H,48,49,50). The number of aromatic amines is 1. The number of hydrogen-bond donors (Lipinski definition) is 5. The molecule has 0 spiro atoms. The van der Waals surface area contributed by atoms with Crippen LogP contribution in [0.15, 0.2) is 109 Å². The van der Waals surface area contributed by atoms with Crippen molar-refractivity contribution in [3.63, 3.8) is 0 Å². The predicted molar refractivity (Wildman–Crippen MR) is 200 cm³/mol. The van der Waals surface area contributed by atoms with Crippen molar-refractivity contribution in [3.8, 4) is 22.9 Å². The van der Waals surface area contributed by atoms with E-state index in [1.54, 1.807) is 25.1 Å². The molecule has 290 valence electrons. The summed E-state index contributed by atoms with van der Waals surface area (Å²) in [4.78, 5) is 17.5. The number of azo groups is 2. The summed E-state index contributed by atoms with van der Waals surface area (Å²) < 4.78 is 75.8. The van der Waals surface area contributed by atoms with E-state index in [1.165, 1.54) is 12.1 Å². The van der Waals surface area contributed by atoms with Gasteiger partial charge < -0.3 is 14.8 Å². The minimum absolute atomic E-state index is 0.0218. The second-order valence-electron chi connectivity index (χ2n) is 11.7. The molecule has 0 saturated heterocycles. The summed E-state index contributed by atoms with van der Waals surface area (Å²) in [5.41, 5.74) is 1.25. The monoisotopic (exact) mass is 825 g/mol. The maximum Gasteiger partial charge on any atom is 0.297 e. The van der Waals surface area contributed by atoms with Crippen LogP contribution in [-0.2, 0) is 29.6 Å². The molecule has 0 saturated carbocycles. The van der Waals surface area contributed by atoms with E-state index in [0.29, 0.717) is 51.3 Å². The van der Waals surface area contributed by atoms with Crippen molar-refractivity contribution >= 4 is 82.5 Å². The van der Waals surface area contributed by atoms with Crippen LogP contribution in [-0.4, -0.2) is 63.6 Å². The van der Waals surface area contributed by atoms with Gasteiger partial charge >= 0.3 is 0 Å². The first-order chi connectivity index (χ1) is 26.6. The lowest BCUT2D eigenvalue weighted by Crippen LogP contribution is -2.08. The van der Waals surface area contributed by atoms with Crippen LogP contribution >= 0.6 is 12.0 Å². The number of non-ortho nitro benzene ring substituents is 1. The normalized spacial score (nSPS) is 12.4. The van der Waals surface area contributed by atoms with Crippen molar-refractivity contribution in [1.82, 2.24) is 9.97 Å². The Kier molecular flexibility index (Phi) is 11.7. The summed E-state index contributed by atoms with van der Waals surface area (Å²) in [5.74, 6) is -0.451. The smallest absolute Gasteiger partial charge is 0.297 e. The summed E-state index contributed by atoms with van der Waals surface area (Å²) in [6.07, 6.45) is -0.153. The number of hydrogen-bond acceptors (Lipinski definition) is 17. The minimum Gasteiger partial charge on any atom is -0.505 e. The number of aromatic hydroxyl groups is 1. The van der Waals surface area contributed by atoms with Gasteiger partial charge in [0.1, 0.15) is 33.5 Å². The van der Waals surface area contributed by atoms with Gasteiger partial charge in [-0.05, 0) is 49.2 Å². The van der Waals surface area contributed by atoms with Crippen LogP contribution in [0.4, 0.5) is 28.4 Å². The third-order valence-corrected chi connectivity index (χ3v) is 10.2. The van der Waals surface area contributed by atoms with Gasteiger partial charge in [0.15, 0.2) is 5.75 Å². The fourth-order valence-electron chi connectivity index (χ4n) is 5.35. The number of H-pyrrole nitrogens is 1. The van der Waals surface area contributed by atoms with E-state index >= 15 is 0 Å². The summed E-state index contributed by atoms with van der Waals surface area (Å²) in [6, 6.07) is 19.6. The summed E-state index contributed by atoms with van der Waals surface area (Å²) in [7, 11) is -9.28. The molecule has 0 radical (unpaired) electrons. The van der Waals surface area contributed by atoms with Crippen LogP contribution in [0.3, 0.4) is 0 Å². The molecular weight excluding hydrogens is 799 g/mol. The van der Waals surface area contributed by atoms with Gasteiger partial charge in [0.2, 0.25) is 0 Å². The summed E-state index contributed by atoms with van der Waals surface area (Å²) in [5, 5.41) is 52.7. The summed E-state index contributed by atoms with van der Waals surface area (Å²) in [6.45, 7) is 1.31. The molecule has 0 amide bonds. The maximum absolute atomic E-state index is 12.0. The van der Waals surface area contributed by atoms with Crippen LogP contribution in [0.25, 0.3) is 33.2 Å². The van der Waals surface area contributed by atoms with Gasteiger partial charge in [-0.1, -0.05) is 35.4 Å². The zero-order valence-corrected chi connectivity index (χ0v) is 30.9. The molecule has 56 heavy (non-hydrogen) atoms. The Bertz CT molecular complexity index is 2760.